The standard InChI is InChI=1S/C24H29NO3/c1-15(2)5-4-6-21(26)28-17-9-10-18-20(13-17)24(3)12-11-19(24)22(23(18)27)25-14-16-7-8-16/h4-6,9-10,13,16,19,22,25H,7-8,11-12,14H2,1-3H3/b6-4+/t19-,22-,24+/m0/s1. The molecule has 28 heavy (non-hydrogen) atoms. The summed E-state index contributed by atoms with van der Waals surface area (Å²) in [5.41, 5.74) is 2.92. The lowest BCUT2D eigenvalue weighted by atomic mass is 9.51. The van der Waals surface area contributed by atoms with Crippen LogP contribution in [0.15, 0.2) is 42.0 Å². The van der Waals surface area contributed by atoms with E-state index < -0.39 is 5.97 Å². The highest BCUT2D eigenvalue weighted by Gasteiger charge is 2.55. The first-order chi connectivity index (χ1) is 13.4. The summed E-state index contributed by atoms with van der Waals surface area (Å²) in [5, 5.41) is 3.56. The van der Waals surface area contributed by atoms with Gasteiger partial charge in [-0.25, -0.2) is 4.79 Å². The molecule has 0 aromatic heterocycles. The minimum atomic E-state index is -0.404. The molecule has 4 heteroatoms. The SMILES string of the molecule is CC(C)=C/C=C/C(=O)Oc1ccc2c(c1)[C@]1(C)CC[C@H]1[C@H](NCC1CC1)C2=O. The summed E-state index contributed by atoms with van der Waals surface area (Å²) >= 11 is 0. The first kappa shape index (κ1) is 19.1. The molecule has 148 valence electrons. The highest BCUT2D eigenvalue weighted by Crippen LogP contribution is 2.55. The summed E-state index contributed by atoms with van der Waals surface area (Å²) in [6.45, 7) is 7.14. The van der Waals surface area contributed by atoms with Crippen molar-refractivity contribution in [1.29, 1.82) is 0 Å². The summed E-state index contributed by atoms with van der Waals surface area (Å²) in [5.74, 6) is 1.38. The third-order valence-electron chi connectivity index (χ3n) is 6.55. The van der Waals surface area contributed by atoms with E-state index >= 15 is 0 Å². The Hall–Kier alpha value is -2.20. The van der Waals surface area contributed by atoms with E-state index in [4.69, 9.17) is 4.74 Å². The van der Waals surface area contributed by atoms with Crippen LogP contribution >= 0.6 is 0 Å². The number of Topliss-reactive ketones (excluding diaryl/α,β-unsaturated/α-hetero) is 1. The Kier molecular flexibility index (Phi) is 5.00. The van der Waals surface area contributed by atoms with Gasteiger partial charge in [-0.05, 0) is 87.1 Å². The third-order valence-corrected chi connectivity index (χ3v) is 6.55. The van der Waals surface area contributed by atoms with Crippen LogP contribution < -0.4 is 10.1 Å². The van der Waals surface area contributed by atoms with E-state index in [9.17, 15) is 9.59 Å². The van der Waals surface area contributed by atoms with Gasteiger partial charge in [0.15, 0.2) is 5.78 Å². The van der Waals surface area contributed by atoms with Crippen LogP contribution in [-0.2, 0) is 10.2 Å². The number of hydrogen-bond acceptors (Lipinski definition) is 4. The number of ketones is 1. The minimum absolute atomic E-state index is 0.0230. The first-order valence-corrected chi connectivity index (χ1v) is 10.3. The topological polar surface area (TPSA) is 55.4 Å². The Morgan fingerprint density at radius 2 is 2.07 bits per heavy atom. The molecule has 1 aromatic carbocycles. The summed E-state index contributed by atoms with van der Waals surface area (Å²) in [4.78, 5) is 25.2. The van der Waals surface area contributed by atoms with Crippen LogP contribution in [0.1, 0.15) is 62.4 Å². The molecule has 2 saturated carbocycles. The largest absolute Gasteiger partial charge is 0.423 e. The third kappa shape index (κ3) is 3.58. The normalized spacial score (nSPS) is 28.3. The van der Waals surface area contributed by atoms with Gasteiger partial charge in [0.25, 0.3) is 0 Å². The van der Waals surface area contributed by atoms with E-state index in [1.165, 1.54) is 18.9 Å². The predicted octanol–water partition coefficient (Wildman–Crippen LogP) is 4.35. The van der Waals surface area contributed by atoms with Crippen molar-refractivity contribution >= 4 is 11.8 Å². The Balaban J connectivity index is 1.54. The average Bonchev–Trinajstić information content (AvgIpc) is 3.46. The fraction of sp³-hybridized carbons (Fsp3) is 0.500. The Morgan fingerprint density at radius 1 is 1.29 bits per heavy atom. The lowest BCUT2D eigenvalue weighted by molar-refractivity contribution is -0.129. The number of carbonyl (C=O) groups is 2. The van der Waals surface area contributed by atoms with E-state index in [1.54, 1.807) is 12.1 Å². The summed E-state index contributed by atoms with van der Waals surface area (Å²) < 4.78 is 5.48. The second-order valence-electron chi connectivity index (χ2n) is 8.99. The predicted molar refractivity (Wildman–Crippen MR) is 110 cm³/mol. The van der Waals surface area contributed by atoms with Crippen molar-refractivity contribution in [3.63, 3.8) is 0 Å². The molecule has 0 aliphatic heterocycles. The number of carbonyl (C=O) groups excluding carboxylic acids is 2. The van der Waals surface area contributed by atoms with E-state index in [0.29, 0.717) is 11.7 Å². The van der Waals surface area contributed by atoms with Crippen molar-refractivity contribution in [2.45, 2.75) is 57.9 Å². The maximum Gasteiger partial charge on any atom is 0.336 e. The fourth-order valence-electron chi connectivity index (χ4n) is 4.56. The molecule has 0 unspecified atom stereocenters. The van der Waals surface area contributed by atoms with Gasteiger partial charge >= 0.3 is 5.97 Å². The maximum absolute atomic E-state index is 13.1. The van der Waals surface area contributed by atoms with Crippen LogP contribution in [0.2, 0.25) is 0 Å². The van der Waals surface area contributed by atoms with Gasteiger partial charge in [-0.1, -0.05) is 24.6 Å². The monoisotopic (exact) mass is 379 g/mol. The fourth-order valence-corrected chi connectivity index (χ4v) is 4.56. The summed E-state index contributed by atoms with van der Waals surface area (Å²) in [7, 11) is 0. The number of nitrogens with one attached hydrogen (secondary N) is 1. The van der Waals surface area contributed by atoms with Gasteiger partial charge in [0.05, 0.1) is 6.04 Å². The Morgan fingerprint density at radius 3 is 2.71 bits per heavy atom. The van der Waals surface area contributed by atoms with Gasteiger partial charge < -0.3 is 10.1 Å². The van der Waals surface area contributed by atoms with Crippen molar-refractivity contribution in [3.8, 4) is 5.75 Å². The molecule has 3 aliphatic rings. The van der Waals surface area contributed by atoms with Crippen molar-refractivity contribution in [2.75, 3.05) is 6.54 Å². The molecular formula is C24H29NO3. The molecule has 1 N–H and O–H groups in total. The highest BCUT2D eigenvalue weighted by atomic mass is 16.5. The molecule has 1 aromatic rings. The van der Waals surface area contributed by atoms with Gasteiger partial charge in [0, 0.05) is 11.6 Å². The highest BCUT2D eigenvalue weighted by molar-refractivity contribution is 6.04. The second-order valence-corrected chi connectivity index (χ2v) is 8.99. The van der Waals surface area contributed by atoms with Crippen LogP contribution in [-0.4, -0.2) is 24.3 Å². The molecular weight excluding hydrogens is 350 g/mol. The molecule has 0 heterocycles. The molecule has 0 spiro atoms. The maximum atomic E-state index is 13.1. The van der Waals surface area contributed by atoms with Crippen LogP contribution in [0.25, 0.3) is 0 Å². The van der Waals surface area contributed by atoms with Crippen molar-refractivity contribution in [3.05, 3.63) is 53.1 Å². The van der Waals surface area contributed by atoms with Gasteiger partial charge in [-0.15, -0.1) is 0 Å². The smallest absolute Gasteiger partial charge is 0.336 e. The molecule has 4 nitrogen and oxygen atoms in total. The molecule has 3 atom stereocenters. The van der Waals surface area contributed by atoms with Crippen LogP contribution in [0.4, 0.5) is 0 Å². The zero-order valence-electron chi connectivity index (χ0n) is 17.0. The average molecular weight is 380 g/mol. The lowest BCUT2D eigenvalue weighted by Crippen LogP contribution is -2.60. The van der Waals surface area contributed by atoms with E-state index in [1.807, 2.05) is 32.1 Å². The Labute approximate surface area is 167 Å². The molecule has 2 fully saturated rings. The quantitative estimate of drug-likeness (QED) is 0.346. The van der Waals surface area contributed by atoms with Gasteiger partial charge in [-0.3, -0.25) is 4.79 Å². The molecule has 0 bridgehead atoms. The van der Waals surface area contributed by atoms with E-state index in [-0.39, 0.29) is 17.2 Å². The Bertz CT molecular complexity index is 861. The number of esters is 1. The number of rotatable bonds is 6. The van der Waals surface area contributed by atoms with Crippen molar-refractivity contribution in [2.24, 2.45) is 11.8 Å². The van der Waals surface area contributed by atoms with Gasteiger partial charge in [0.2, 0.25) is 0 Å². The van der Waals surface area contributed by atoms with Crippen LogP contribution in [0.5, 0.6) is 5.75 Å². The van der Waals surface area contributed by atoms with Crippen LogP contribution in [0, 0.1) is 11.8 Å². The van der Waals surface area contributed by atoms with E-state index in [2.05, 4.69) is 12.2 Å². The zero-order chi connectivity index (χ0) is 19.9. The van der Waals surface area contributed by atoms with Crippen LogP contribution in [0.3, 0.4) is 0 Å². The molecule has 0 amide bonds. The number of ether oxygens (including phenoxy) is 1. The van der Waals surface area contributed by atoms with Gasteiger partial charge in [-0.2, -0.15) is 0 Å². The van der Waals surface area contributed by atoms with Crippen molar-refractivity contribution < 1.29 is 14.3 Å². The second kappa shape index (κ2) is 7.32. The molecule has 4 rings (SSSR count). The lowest BCUT2D eigenvalue weighted by Gasteiger charge is -2.54. The molecule has 0 radical (unpaired) electrons. The number of fused-ring (bicyclic) bond motifs is 3. The summed E-state index contributed by atoms with van der Waals surface area (Å²) in [6.07, 6.45) is 9.67. The van der Waals surface area contributed by atoms with E-state index in [0.717, 1.165) is 42.0 Å². The molecule has 0 saturated heterocycles. The summed E-state index contributed by atoms with van der Waals surface area (Å²) in [6, 6.07) is 5.41. The minimum Gasteiger partial charge on any atom is -0.423 e. The number of benzene rings is 1. The zero-order valence-corrected chi connectivity index (χ0v) is 17.0. The van der Waals surface area contributed by atoms with Gasteiger partial charge in [0.1, 0.15) is 5.75 Å². The van der Waals surface area contributed by atoms with Crippen molar-refractivity contribution in [1.82, 2.24) is 5.32 Å². The number of allylic oxidation sites excluding steroid dienone is 3. The number of hydrogen-bond donors (Lipinski definition) is 1. The molecule has 3 aliphatic carbocycles. The first-order valence-electron chi connectivity index (χ1n) is 10.3.